The second kappa shape index (κ2) is 8.11. The van der Waals surface area contributed by atoms with Gasteiger partial charge in [-0.05, 0) is 18.2 Å². The predicted octanol–water partition coefficient (Wildman–Crippen LogP) is 2.65. The lowest BCUT2D eigenvalue weighted by Crippen LogP contribution is -2.19. The molecule has 2 rings (SSSR count). The molecule has 3 nitrogen and oxygen atoms in total. The van der Waals surface area contributed by atoms with Crippen LogP contribution in [0.3, 0.4) is 0 Å². The minimum atomic E-state index is -0.189. The normalized spacial score (nSPS) is 10.9. The standard InChI is InChI=1S/C15H18FNO2S/c16-14-4-2-1-3-13(14)15-6-5-12(20-15)11-17-7-9-19-10-8-18/h1-6,17-18H,7-11H2. The molecule has 0 spiro atoms. The molecule has 108 valence electrons. The fourth-order valence-electron chi connectivity index (χ4n) is 1.80. The Balaban J connectivity index is 1.82. The summed E-state index contributed by atoms with van der Waals surface area (Å²) in [6, 6.07) is 10.8. The second-order valence-corrected chi connectivity index (χ2v) is 5.43. The minimum Gasteiger partial charge on any atom is -0.394 e. The van der Waals surface area contributed by atoms with Crippen molar-refractivity contribution in [2.75, 3.05) is 26.4 Å². The van der Waals surface area contributed by atoms with Crippen molar-refractivity contribution in [1.29, 1.82) is 0 Å². The summed E-state index contributed by atoms with van der Waals surface area (Å²) in [4.78, 5) is 2.10. The van der Waals surface area contributed by atoms with Crippen LogP contribution in [0, 0.1) is 5.82 Å². The summed E-state index contributed by atoms with van der Waals surface area (Å²) in [5.74, 6) is -0.189. The largest absolute Gasteiger partial charge is 0.394 e. The average molecular weight is 295 g/mol. The van der Waals surface area contributed by atoms with Crippen molar-refractivity contribution < 1.29 is 14.2 Å². The smallest absolute Gasteiger partial charge is 0.131 e. The number of hydrogen-bond acceptors (Lipinski definition) is 4. The van der Waals surface area contributed by atoms with Crippen molar-refractivity contribution in [3.8, 4) is 10.4 Å². The molecule has 0 saturated heterocycles. The van der Waals surface area contributed by atoms with E-state index < -0.39 is 0 Å². The van der Waals surface area contributed by atoms with E-state index in [1.165, 1.54) is 6.07 Å². The van der Waals surface area contributed by atoms with Gasteiger partial charge in [0.2, 0.25) is 0 Å². The lowest BCUT2D eigenvalue weighted by molar-refractivity contribution is 0.0938. The molecule has 0 bridgehead atoms. The summed E-state index contributed by atoms with van der Waals surface area (Å²) < 4.78 is 18.8. The lowest BCUT2D eigenvalue weighted by atomic mass is 10.2. The highest BCUT2D eigenvalue weighted by molar-refractivity contribution is 7.15. The molecule has 2 N–H and O–H groups in total. The number of rotatable bonds is 8. The van der Waals surface area contributed by atoms with Gasteiger partial charge in [0, 0.05) is 28.4 Å². The molecular formula is C15H18FNO2S. The Kier molecular flexibility index (Phi) is 6.14. The number of halogens is 1. The fourth-order valence-corrected chi connectivity index (χ4v) is 2.81. The molecule has 0 fully saturated rings. The van der Waals surface area contributed by atoms with Gasteiger partial charge in [0.25, 0.3) is 0 Å². The highest BCUT2D eigenvalue weighted by atomic mass is 32.1. The number of nitrogens with one attached hydrogen (secondary N) is 1. The Hall–Kier alpha value is -1.27. The van der Waals surface area contributed by atoms with E-state index in [0.29, 0.717) is 18.8 Å². The van der Waals surface area contributed by atoms with Crippen molar-refractivity contribution in [3.05, 3.63) is 47.1 Å². The molecule has 0 aliphatic carbocycles. The summed E-state index contributed by atoms with van der Waals surface area (Å²) in [5.41, 5.74) is 0.648. The van der Waals surface area contributed by atoms with Gasteiger partial charge in [0.1, 0.15) is 5.82 Å². The molecule has 0 unspecified atom stereocenters. The number of aliphatic hydroxyl groups excluding tert-OH is 1. The Morgan fingerprint density at radius 3 is 2.80 bits per heavy atom. The van der Waals surface area contributed by atoms with Crippen LogP contribution in [0.5, 0.6) is 0 Å². The van der Waals surface area contributed by atoms with E-state index in [4.69, 9.17) is 9.84 Å². The molecule has 0 amide bonds. The zero-order valence-electron chi connectivity index (χ0n) is 11.1. The van der Waals surface area contributed by atoms with Crippen LogP contribution in [0.4, 0.5) is 4.39 Å². The van der Waals surface area contributed by atoms with Crippen LogP contribution in [0.2, 0.25) is 0 Å². The summed E-state index contributed by atoms with van der Waals surface area (Å²) in [6.45, 7) is 2.47. The van der Waals surface area contributed by atoms with Gasteiger partial charge in [0.05, 0.1) is 19.8 Å². The van der Waals surface area contributed by atoms with Crippen LogP contribution in [-0.4, -0.2) is 31.5 Å². The van der Waals surface area contributed by atoms with Crippen molar-refractivity contribution >= 4 is 11.3 Å². The average Bonchev–Trinajstić information content (AvgIpc) is 2.92. The maximum atomic E-state index is 13.7. The number of thiophene rings is 1. The first-order valence-electron chi connectivity index (χ1n) is 6.54. The van der Waals surface area contributed by atoms with E-state index in [2.05, 4.69) is 5.32 Å². The van der Waals surface area contributed by atoms with Crippen LogP contribution in [0.25, 0.3) is 10.4 Å². The van der Waals surface area contributed by atoms with Crippen molar-refractivity contribution in [1.82, 2.24) is 5.32 Å². The molecule has 0 aliphatic rings. The zero-order chi connectivity index (χ0) is 14.2. The van der Waals surface area contributed by atoms with E-state index in [0.717, 1.165) is 22.8 Å². The van der Waals surface area contributed by atoms with Crippen LogP contribution >= 0.6 is 11.3 Å². The van der Waals surface area contributed by atoms with E-state index in [1.54, 1.807) is 23.5 Å². The van der Waals surface area contributed by atoms with Crippen molar-refractivity contribution in [3.63, 3.8) is 0 Å². The number of hydrogen-bond donors (Lipinski definition) is 2. The molecule has 20 heavy (non-hydrogen) atoms. The molecule has 0 saturated carbocycles. The third kappa shape index (κ3) is 4.38. The monoisotopic (exact) mass is 295 g/mol. The van der Waals surface area contributed by atoms with Gasteiger partial charge in [-0.1, -0.05) is 18.2 Å². The quantitative estimate of drug-likeness (QED) is 0.736. The maximum Gasteiger partial charge on any atom is 0.131 e. The van der Waals surface area contributed by atoms with E-state index in [-0.39, 0.29) is 12.4 Å². The first-order valence-corrected chi connectivity index (χ1v) is 7.36. The van der Waals surface area contributed by atoms with Gasteiger partial charge in [-0.3, -0.25) is 0 Å². The van der Waals surface area contributed by atoms with Gasteiger partial charge in [-0.15, -0.1) is 11.3 Å². The topological polar surface area (TPSA) is 41.5 Å². The van der Waals surface area contributed by atoms with Crippen LogP contribution in [0.1, 0.15) is 4.88 Å². The summed E-state index contributed by atoms with van der Waals surface area (Å²) in [7, 11) is 0. The Labute approximate surface area is 122 Å². The molecule has 1 aromatic carbocycles. The number of aliphatic hydroxyl groups is 1. The van der Waals surface area contributed by atoms with E-state index in [1.807, 2.05) is 18.2 Å². The highest BCUT2D eigenvalue weighted by Crippen LogP contribution is 2.29. The second-order valence-electron chi connectivity index (χ2n) is 4.26. The van der Waals surface area contributed by atoms with Gasteiger partial charge < -0.3 is 15.2 Å². The Morgan fingerprint density at radius 2 is 2.00 bits per heavy atom. The first kappa shape index (κ1) is 15.1. The summed E-state index contributed by atoms with van der Waals surface area (Å²) in [6.07, 6.45) is 0. The highest BCUT2D eigenvalue weighted by Gasteiger charge is 2.06. The van der Waals surface area contributed by atoms with Gasteiger partial charge in [0.15, 0.2) is 0 Å². The van der Waals surface area contributed by atoms with E-state index >= 15 is 0 Å². The van der Waals surface area contributed by atoms with E-state index in [9.17, 15) is 4.39 Å². The SMILES string of the molecule is OCCOCCNCc1ccc(-c2ccccc2F)s1. The van der Waals surface area contributed by atoms with Crippen LogP contribution < -0.4 is 5.32 Å². The molecule has 0 aliphatic heterocycles. The Morgan fingerprint density at radius 1 is 1.15 bits per heavy atom. The molecular weight excluding hydrogens is 277 g/mol. The maximum absolute atomic E-state index is 13.7. The van der Waals surface area contributed by atoms with Gasteiger partial charge in [-0.25, -0.2) is 4.39 Å². The predicted molar refractivity (Wildman–Crippen MR) is 79.3 cm³/mol. The van der Waals surface area contributed by atoms with Gasteiger partial charge in [-0.2, -0.15) is 0 Å². The van der Waals surface area contributed by atoms with Crippen LogP contribution in [-0.2, 0) is 11.3 Å². The number of benzene rings is 1. The third-order valence-electron chi connectivity index (χ3n) is 2.76. The molecule has 2 aromatic rings. The van der Waals surface area contributed by atoms with Gasteiger partial charge >= 0.3 is 0 Å². The summed E-state index contributed by atoms with van der Waals surface area (Å²) >= 11 is 1.59. The molecule has 0 atom stereocenters. The van der Waals surface area contributed by atoms with Crippen molar-refractivity contribution in [2.45, 2.75) is 6.54 Å². The Bertz CT molecular complexity index is 530. The molecule has 1 aromatic heterocycles. The van der Waals surface area contributed by atoms with Crippen molar-refractivity contribution in [2.24, 2.45) is 0 Å². The first-order chi connectivity index (χ1) is 9.81. The summed E-state index contributed by atoms with van der Waals surface area (Å²) in [5, 5.41) is 11.8. The number of ether oxygens (including phenoxy) is 1. The fraction of sp³-hybridized carbons (Fsp3) is 0.333. The zero-order valence-corrected chi connectivity index (χ0v) is 12.0. The third-order valence-corrected chi connectivity index (χ3v) is 3.88. The molecule has 1 heterocycles. The molecule has 5 heteroatoms. The van der Waals surface area contributed by atoms with Crippen LogP contribution in [0.15, 0.2) is 36.4 Å². The minimum absolute atomic E-state index is 0.0525. The molecule has 0 radical (unpaired) electrons. The lowest BCUT2D eigenvalue weighted by Gasteiger charge is -2.03.